The van der Waals surface area contributed by atoms with Gasteiger partial charge in [-0.1, -0.05) is 41.9 Å². The molecule has 1 saturated heterocycles. The van der Waals surface area contributed by atoms with Gasteiger partial charge in [0.2, 0.25) is 5.91 Å². The van der Waals surface area contributed by atoms with Crippen LogP contribution in [0.1, 0.15) is 5.56 Å². The number of carbonyl (C=O) groups is 1. The average Bonchev–Trinajstić information content (AvgIpc) is 2.69. The molecule has 2 aromatic rings. The number of hydrogen-bond acceptors (Lipinski definition) is 3. The second-order valence-corrected chi connectivity index (χ2v) is 6.78. The molecule has 0 radical (unpaired) electrons. The Morgan fingerprint density at radius 1 is 1.00 bits per heavy atom. The van der Waals surface area contributed by atoms with E-state index in [9.17, 15) is 4.79 Å². The first-order valence-corrected chi connectivity index (χ1v) is 9.32. The van der Waals surface area contributed by atoms with Gasteiger partial charge in [-0.25, -0.2) is 0 Å². The lowest BCUT2D eigenvalue weighted by Gasteiger charge is -2.36. The predicted molar refractivity (Wildman–Crippen MR) is 109 cm³/mol. The predicted octanol–water partition coefficient (Wildman–Crippen LogP) is 3.29. The molecule has 1 fully saturated rings. The van der Waals surface area contributed by atoms with Crippen molar-refractivity contribution in [3.63, 3.8) is 0 Å². The lowest BCUT2D eigenvalue weighted by molar-refractivity contribution is -0.116. The molecule has 1 heterocycles. The fraction of sp³-hybridized carbons (Fsp3) is 0.286. The Morgan fingerprint density at radius 2 is 1.69 bits per heavy atom. The standard InChI is InChI=1S/C21H24ClN3O/c22-19-9-6-18(7-10-19)8-11-21(26)23-12-13-24-14-16-25(17-15-24)20-4-2-1-3-5-20/h1-11H,12-17H2,(H,23,26)/b11-8+. The van der Waals surface area contributed by atoms with E-state index in [1.165, 1.54) is 5.69 Å². The zero-order chi connectivity index (χ0) is 18.2. The highest BCUT2D eigenvalue weighted by molar-refractivity contribution is 6.30. The van der Waals surface area contributed by atoms with Crippen LogP contribution in [-0.4, -0.2) is 50.1 Å². The molecule has 1 N–H and O–H groups in total. The first-order valence-electron chi connectivity index (χ1n) is 8.94. The first kappa shape index (κ1) is 18.5. The first-order chi connectivity index (χ1) is 12.7. The maximum absolute atomic E-state index is 11.9. The summed E-state index contributed by atoms with van der Waals surface area (Å²) in [5.74, 6) is -0.0668. The molecule has 0 aliphatic carbocycles. The third-order valence-corrected chi connectivity index (χ3v) is 4.77. The molecule has 1 aliphatic rings. The average molecular weight is 370 g/mol. The van der Waals surface area contributed by atoms with Gasteiger partial charge in [-0.2, -0.15) is 0 Å². The zero-order valence-electron chi connectivity index (χ0n) is 14.8. The summed E-state index contributed by atoms with van der Waals surface area (Å²) in [4.78, 5) is 16.7. The molecule has 1 amide bonds. The number of amides is 1. The Bertz CT molecular complexity index is 723. The number of halogens is 1. The number of nitrogens with one attached hydrogen (secondary N) is 1. The molecule has 5 heteroatoms. The van der Waals surface area contributed by atoms with Crippen LogP contribution in [0.3, 0.4) is 0 Å². The fourth-order valence-corrected chi connectivity index (χ4v) is 3.14. The molecule has 0 saturated carbocycles. The lowest BCUT2D eigenvalue weighted by atomic mass is 10.2. The maximum atomic E-state index is 11.9. The van der Waals surface area contributed by atoms with Crippen molar-refractivity contribution in [3.05, 3.63) is 71.3 Å². The maximum Gasteiger partial charge on any atom is 0.244 e. The molecule has 2 aromatic carbocycles. The summed E-state index contributed by atoms with van der Waals surface area (Å²) in [6.45, 7) is 5.62. The molecule has 0 atom stereocenters. The van der Waals surface area contributed by atoms with Crippen LogP contribution in [-0.2, 0) is 4.79 Å². The summed E-state index contributed by atoms with van der Waals surface area (Å²) in [6.07, 6.45) is 3.36. The zero-order valence-corrected chi connectivity index (χ0v) is 15.5. The molecule has 0 spiro atoms. The summed E-state index contributed by atoms with van der Waals surface area (Å²) in [5.41, 5.74) is 2.24. The number of hydrogen-bond donors (Lipinski definition) is 1. The van der Waals surface area contributed by atoms with Gasteiger partial charge in [0.25, 0.3) is 0 Å². The number of piperazine rings is 1. The van der Waals surface area contributed by atoms with Gasteiger partial charge in [0.1, 0.15) is 0 Å². The van der Waals surface area contributed by atoms with Gasteiger partial charge in [0, 0.05) is 56.1 Å². The second-order valence-electron chi connectivity index (χ2n) is 6.34. The molecule has 0 aromatic heterocycles. The SMILES string of the molecule is O=C(/C=C/c1ccc(Cl)cc1)NCCN1CCN(c2ccccc2)CC1. The van der Waals surface area contributed by atoms with E-state index in [0.717, 1.165) is 38.3 Å². The van der Waals surface area contributed by atoms with E-state index < -0.39 is 0 Å². The minimum atomic E-state index is -0.0668. The fourth-order valence-electron chi connectivity index (χ4n) is 3.01. The van der Waals surface area contributed by atoms with E-state index in [2.05, 4.69) is 39.4 Å². The Morgan fingerprint density at radius 3 is 2.38 bits per heavy atom. The van der Waals surface area contributed by atoms with Crippen molar-refractivity contribution in [2.75, 3.05) is 44.2 Å². The van der Waals surface area contributed by atoms with Crippen molar-refractivity contribution >= 4 is 29.3 Å². The number of benzene rings is 2. The summed E-state index contributed by atoms with van der Waals surface area (Å²) < 4.78 is 0. The van der Waals surface area contributed by atoms with Crippen LogP contribution >= 0.6 is 11.6 Å². The van der Waals surface area contributed by atoms with Crippen molar-refractivity contribution < 1.29 is 4.79 Å². The van der Waals surface area contributed by atoms with Crippen LogP contribution in [0.2, 0.25) is 5.02 Å². The summed E-state index contributed by atoms with van der Waals surface area (Å²) >= 11 is 5.85. The van der Waals surface area contributed by atoms with Crippen LogP contribution in [0.4, 0.5) is 5.69 Å². The van der Waals surface area contributed by atoms with Crippen molar-refractivity contribution in [1.82, 2.24) is 10.2 Å². The van der Waals surface area contributed by atoms with Crippen LogP contribution < -0.4 is 10.2 Å². The van der Waals surface area contributed by atoms with E-state index in [1.54, 1.807) is 12.2 Å². The number of carbonyl (C=O) groups excluding carboxylic acids is 1. The minimum absolute atomic E-state index is 0.0668. The molecule has 26 heavy (non-hydrogen) atoms. The van der Waals surface area contributed by atoms with Gasteiger partial charge >= 0.3 is 0 Å². The van der Waals surface area contributed by atoms with Crippen molar-refractivity contribution in [3.8, 4) is 0 Å². The molecular weight excluding hydrogens is 346 g/mol. The molecule has 4 nitrogen and oxygen atoms in total. The molecule has 0 unspecified atom stereocenters. The molecule has 0 bridgehead atoms. The normalized spacial score (nSPS) is 15.3. The second kappa shape index (κ2) is 9.41. The van der Waals surface area contributed by atoms with Crippen LogP contribution in [0.15, 0.2) is 60.7 Å². The van der Waals surface area contributed by atoms with Crippen LogP contribution in [0.25, 0.3) is 6.08 Å². The quantitative estimate of drug-likeness (QED) is 0.794. The summed E-state index contributed by atoms with van der Waals surface area (Å²) in [7, 11) is 0. The third-order valence-electron chi connectivity index (χ3n) is 4.52. The summed E-state index contributed by atoms with van der Waals surface area (Å²) in [5, 5.41) is 3.64. The van der Waals surface area contributed by atoms with Gasteiger partial charge in [-0.05, 0) is 35.9 Å². The minimum Gasteiger partial charge on any atom is -0.369 e. The Balaban J connectivity index is 1.35. The third kappa shape index (κ3) is 5.61. The van der Waals surface area contributed by atoms with Gasteiger partial charge in [-0.15, -0.1) is 0 Å². The van der Waals surface area contributed by atoms with Crippen molar-refractivity contribution in [2.45, 2.75) is 0 Å². The van der Waals surface area contributed by atoms with Crippen LogP contribution in [0.5, 0.6) is 0 Å². The Hall–Kier alpha value is -2.30. The highest BCUT2D eigenvalue weighted by atomic mass is 35.5. The Labute approximate surface area is 160 Å². The molecule has 136 valence electrons. The van der Waals surface area contributed by atoms with E-state index in [0.29, 0.717) is 11.6 Å². The smallest absolute Gasteiger partial charge is 0.244 e. The highest BCUT2D eigenvalue weighted by Crippen LogP contribution is 2.15. The molecule has 1 aliphatic heterocycles. The van der Waals surface area contributed by atoms with Crippen molar-refractivity contribution in [2.24, 2.45) is 0 Å². The highest BCUT2D eigenvalue weighted by Gasteiger charge is 2.16. The van der Waals surface area contributed by atoms with Gasteiger partial charge < -0.3 is 10.2 Å². The number of para-hydroxylation sites is 1. The topological polar surface area (TPSA) is 35.6 Å². The van der Waals surface area contributed by atoms with E-state index >= 15 is 0 Å². The summed E-state index contributed by atoms with van der Waals surface area (Å²) in [6, 6.07) is 17.9. The van der Waals surface area contributed by atoms with Gasteiger partial charge in [0.15, 0.2) is 0 Å². The molecular formula is C21H24ClN3O. The van der Waals surface area contributed by atoms with E-state index in [1.807, 2.05) is 30.3 Å². The van der Waals surface area contributed by atoms with Crippen LogP contribution in [0, 0.1) is 0 Å². The van der Waals surface area contributed by atoms with Crippen molar-refractivity contribution in [1.29, 1.82) is 0 Å². The monoisotopic (exact) mass is 369 g/mol. The van der Waals surface area contributed by atoms with E-state index in [-0.39, 0.29) is 5.91 Å². The van der Waals surface area contributed by atoms with Gasteiger partial charge in [0.05, 0.1) is 0 Å². The Kier molecular flexibility index (Phi) is 6.69. The van der Waals surface area contributed by atoms with E-state index in [4.69, 9.17) is 11.6 Å². The van der Waals surface area contributed by atoms with Gasteiger partial charge in [-0.3, -0.25) is 9.69 Å². The number of anilines is 1. The largest absolute Gasteiger partial charge is 0.369 e. The molecule has 3 rings (SSSR count). The number of nitrogens with zero attached hydrogens (tertiary/aromatic N) is 2. The lowest BCUT2D eigenvalue weighted by Crippen LogP contribution is -2.48. The number of rotatable bonds is 6.